The van der Waals surface area contributed by atoms with Gasteiger partial charge in [-0.1, -0.05) is 29.6 Å². The van der Waals surface area contributed by atoms with E-state index >= 15 is 0 Å². The molecule has 0 aliphatic carbocycles. The van der Waals surface area contributed by atoms with Crippen molar-refractivity contribution < 1.29 is 19.2 Å². The Labute approximate surface area is 172 Å². The Morgan fingerprint density at radius 3 is 2.11 bits per heavy atom. The summed E-state index contributed by atoms with van der Waals surface area (Å²) in [5.74, 6) is -1.18. The number of nitrogens with zero attached hydrogens (tertiary/aromatic N) is 1. The van der Waals surface area contributed by atoms with Crippen LogP contribution in [-0.2, 0) is 4.79 Å². The monoisotopic (exact) mass is 422 g/mol. The molecule has 156 valence electrons. The summed E-state index contributed by atoms with van der Waals surface area (Å²) in [6.07, 6.45) is 2.73. The molecule has 27 heavy (non-hydrogen) atoms. The minimum absolute atomic E-state index is 0.391. The topological polar surface area (TPSA) is 135 Å². The first kappa shape index (κ1) is 28.0. The minimum atomic E-state index is -1.18. The summed E-state index contributed by atoms with van der Waals surface area (Å²) in [5.41, 5.74) is 16.1. The number of hydrogen-bond donors (Lipinski definition) is 3. The van der Waals surface area contributed by atoms with Gasteiger partial charge in [0.15, 0.2) is 6.29 Å². The quantitative estimate of drug-likeness (QED) is 0.319. The molecule has 0 aliphatic rings. The van der Waals surface area contributed by atoms with Gasteiger partial charge in [-0.15, -0.1) is 0 Å². The smallest absolute Gasteiger partial charge is 0.151 e. The van der Waals surface area contributed by atoms with Gasteiger partial charge >= 0.3 is 0 Å². The minimum Gasteiger partial charge on any atom is -0.548 e. The van der Waals surface area contributed by atoms with Crippen molar-refractivity contribution in [2.24, 2.45) is 17.2 Å². The molecule has 0 radical (unpaired) electrons. The van der Waals surface area contributed by atoms with Crippen LogP contribution in [0.1, 0.15) is 29.6 Å². The number of rotatable bonds is 8. The van der Waals surface area contributed by atoms with Crippen LogP contribution in [0.3, 0.4) is 0 Å². The molecule has 0 aromatic heterocycles. The van der Waals surface area contributed by atoms with E-state index in [4.69, 9.17) is 40.4 Å². The van der Waals surface area contributed by atoms with Gasteiger partial charge < -0.3 is 31.6 Å². The molecule has 0 saturated carbocycles. The van der Waals surface area contributed by atoms with E-state index in [0.717, 1.165) is 30.4 Å². The number of carbonyl (C=O) groups is 2. The van der Waals surface area contributed by atoms with Crippen LogP contribution in [-0.4, -0.2) is 63.6 Å². The maximum absolute atomic E-state index is 10.2. The van der Waals surface area contributed by atoms with Crippen LogP contribution in [0.2, 0.25) is 10.0 Å². The average molecular weight is 423 g/mol. The van der Waals surface area contributed by atoms with Gasteiger partial charge in [-0.3, -0.25) is 4.79 Å². The van der Waals surface area contributed by atoms with Crippen molar-refractivity contribution in [3.8, 4) is 0 Å². The second kappa shape index (κ2) is 15.8. The van der Waals surface area contributed by atoms with Crippen molar-refractivity contribution in [2.75, 3.05) is 40.8 Å². The Morgan fingerprint density at radius 1 is 1.19 bits per heavy atom. The largest absolute Gasteiger partial charge is 0.548 e. The fraction of sp³-hybridized carbons (Fsp3) is 0.556. The highest BCUT2D eigenvalue weighted by atomic mass is 35.5. The molecule has 7 nitrogen and oxygen atoms in total. The molecule has 0 spiro atoms. The van der Waals surface area contributed by atoms with Gasteiger partial charge in [-0.2, -0.15) is 0 Å². The van der Waals surface area contributed by atoms with Crippen LogP contribution in [0.25, 0.3) is 0 Å². The molecule has 0 bridgehead atoms. The molecular weight excluding hydrogens is 391 g/mol. The Morgan fingerprint density at radius 2 is 1.78 bits per heavy atom. The van der Waals surface area contributed by atoms with Crippen molar-refractivity contribution in [2.45, 2.75) is 25.3 Å². The highest BCUT2D eigenvalue weighted by Gasteiger charge is 2.02. The number of aliphatic carboxylic acids is 1. The molecule has 0 unspecified atom stereocenters. The fourth-order valence-corrected chi connectivity index (χ4v) is 2.06. The van der Waals surface area contributed by atoms with E-state index in [1.54, 1.807) is 12.1 Å². The van der Waals surface area contributed by atoms with Crippen LogP contribution in [0.15, 0.2) is 18.2 Å². The van der Waals surface area contributed by atoms with Crippen molar-refractivity contribution in [3.05, 3.63) is 33.8 Å². The lowest BCUT2D eigenvalue weighted by atomic mass is 10.1. The number of carboxylic acids is 1. The SMILES string of the molecule is C[N+](C)(C)CCN.NCCCC[C@H](N)C(=O)[O-].O=Cc1ccc(Cl)cc1Cl. The van der Waals surface area contributed by atoms with Gasteiger partial charge in [0.2, 0.25) is 0 Å². The van der Waals surface area contributed by atoms with E-state index in [0.29, 0.717) is 34.9 Å². The number of carboxylic acid groups (broad SMARTS) is 1. The zero-order chi connectivity index (χ0) is 21.5. The van der Waals surface area contributed by atoms with E-state index in [2.05, 4.69) is 21.1 Å². The highest BCUT2D eigenvalue weighted by Crippen LogP contribution is 2.18. The lowest BCUT2D eigenvalue weighted by molar-refractivity contribution is -0.868. The van der Waals surface area contributed by atoms with Crippen LogP contribution < -0.4 is 22.3 Å². The second-order valence-electron chi connectivity index (χ2n) is 6.80. The van der Waals surface area contributed by atoms with Gasteiger partial charge in [-0.25, -0.2) is 0 Å². The van der Waals surface area contributed by atoms with Crippen LogP contribution in [0.4, 0.5) is 0 Å². The summed E-state index contributed by atoms with van der Waals surface area (Å²) < 4.78 is 0.969. The van der Waals surface area contributed by atoms with E-state index in [1.165, 1.54) is 6.07 Å². The summed E-state index contributed by atoms with van der Waals surface area (Å²) in [4.78, 5) is 20.2. The van der Waals surface area contributed by atoms with Crippen molar-refractivity contribution in [1.82, 2.24) is 0 Å². The van der Waals surface area contributed by atoms with E-state index < -0.39 is 12.0 Å². The Balaban J connectivity index is 0. The highest BCUT2D eigenvalue weighted by molar-refractivity contribution is 6.36. The summed E-state index contributed by atoms with van der Waals surface area (Å²) in [5, 5.41) is 11.0. The molecule has 0 fully saturated rings. The van der Waals surface area contributed by atoms with E-state index in [9.17, 15) is 14.7 Å². The molecule has 0 amide bonds. The fourth-order valence-electron chi connectivity index (χ4n) is 1.61. The molecule has 1 rings (SSSR count). The Hall–Kier alpha value is -1.22. The maximum atomic E-state index is 10.2. The number of aldehydes is 1. The number of nitrogens with two attached hydrogens (primary N) is 3. The van der Waals surface area contributed by atoms with Gasteiger partial charge in [0.05, 0.1) is 38.7 Å². The third kappa shape index (κ3) is 17.9. The first-order chi connectivity index (χ1) is 12.5. The third-order valence-corrected chi connectivity index (χ3v) is 3.72. The van der Waals surface area contributed by atoms with Crippen LogP contribution in [0.5, 0.6) is 0 Å². The number of halogens is 2. The number of quaternary nitrogens is 1. The molecule has 1 aromatic rings. The molecular formula is C18H32Cl2N4O3. The molecule has 0 aliphatic heterocycles. The second-order valence-corrected chi connectivity index (χ2v) is 7.64. The van der Waals surface area contributed by atoms with Gasteiger partial charge in [0.1, 0.15) is 0 Å². The standard InChI is InChI=1S/C7H4Cl2O.C6H14N2O2.C5H15N2/c8-6-2-1-5(4-10)7(9)3-6;7-4-2-1-3-5(8)6(9)10;1-7(2,3)5-4-6/h1-4H;5H,1-4,7-8H2,(H,9,10);4-6H2,1-3H3/q;;+1/p-1/t;5-;/m.0./s1. The Bertz CT molecular complexity index is 552. The zero-order valence-corrected chi connectivity index (χ0v) is 17.8. The number of unbranched alkanes of at least 4 members (excludes halogenated alkanes) is 1. The normalized spacial score (nSPS) is 11.4. The number of carbonyl (C=O) groups excluding carboxylic acids is 2. The molecule has 0 heterocycles. The van der Waals surface area contributed by atoms with Gasteiger partial charge in [0.25, 0.3) is 0 Å². The lowest BCUT2D eigenvalue weighted by Gasteiger charge is -2.22. The first-order valence-electron chi connectivity index (χ1n) is 8.55. The number of likely N-dealkylation sites (N-methyl/N-ethyl adjacent to an activating group) is 1. The summed E-state index contributed by atoms with van der Waals surface area (Å²) in [6, 6.07) is 3.91. The molecule has 0 saturated heterocycles. The average Bonchev–Trinajstić information content (AvgIpc) is 2.55. The van der Waals surface area contributed by atoms with Crippen molar-refractivity contribution in [1.29, 1.82) is 0 Å². The molecule has 9 heteroatoms. The van der Waals surface area contributed by atoms with Crippen LogP contribution in [0, 0.1) is 0 Å². The summed E-state index contributed by atoms with van der Waals surface area (Å²) in [7, 11) is 6.40. The van der Waals surface area contributed by atoms with Crippen LogP contribution >= 0.6 is 23.2 Å². The summed E-state index contributed by atoms with van der Waals surface area (Å²) >= 11 is 11.2. The molecule has 6 N–H and O–H groups in total. The van der Waals surface area contributed by atoms with Gasteiger partial charge in [0, 0.05) is 23.2 Å². The summed E-state index contributed by atoms with van der Waals surface area (Å²) in [6.45, 7) is 2.42. The van der Waals surface area contributed by atoms with Crippen molar-refractivity contribution in [3.63, 3.8) is 0 Å². The van der Waals surface area contributed by atoms with E-state index in [-0.39, 0.29) is 0 Å². The van der Waals surface area contributed by atoms with Gasteiger partial charge in [-0.05, 0) is 37.6 Å². The predicted molar refractivity (Wildman–Crippen MR) is 110 cm³/mol. The zero-order valence-electron chi connectivity index (χ0n) is 16.3. The van der Waals surface area contributed by atoms with Crippen molar-refractivity contribution >= 4 is 35.5 Å². The molecule has 1 atom stereocenters. The first-order valence-corrected chi connectivity index (χ1v) is 9.31. The molecule has 1 aromatic carbocycles. The number of benzene rings is 1. The van der Waals surface area contributed by atoms with E-state index in [1.807, 2.05) is 0 Å². The number of hydrogen-bond acceptors (Lipinski definition) is 6. The predicted octanol–water partition coefficient (Wildman–Crippen LogP) is 0.650. The Kier molecular flexibility index (Phi) is 16.4. The lowest BCUT2D eigenvalue weighted by Crippen LogP contribution is -2.41. The maximum Gasteiger partial charge on any atom is 0.151 e. The third-order valence-electron chi connectivity index (χ3n) is 3.16.